The van der Waals surface area contributed by atoms with Crippen LogP contribution in [0, 0.1) is 0 Å². The van der Waals surface area contributed by atoms with Crippen LogP contribution in [0.2, 0.25) is 0 Å². The molecule has 1 atom stereocenters. The molecule has 0 spiro atoms. The van der Waals surface area contributed by atoms with E-state index in [1.165, 1.54) is 0 Å². The van der Waals surface area contributed by atoms with Crippen molar-refractivity contribution in [2.75, 3.05) is 6.61 Å². The summed E-state index contributed by atoms with van der Waals surface area (Å²) in [5.74, 6) is 0. The third-order valence-corrected chi connectivity index (χ3v) is 2.41. The van der Waals surface area contributed by atoms with Gasteiger partial charge in [-0.2, -0.15) is 0 Å². The van der Waals surface area contributed by atoms with Crippen LogP contribution in [0.4, 0.5) is 0 Å². The van der Waals surface area contributed by atoms with Crippen molar-refractivity contribution in [2.24, 2.45) is 0 Å². The molecule has 0 aromatic rings. The summed E-state index contributed by atoms with van der Waals surface area (Å²) in [5, 5.41) is 0. The maximum Gasteiger partial charge on any atom is 0.207 e. The van der Waals surface area contributed by atoms with E-state index >= 15 is 0 Å². The van der Waals surface area contributed by atoms with Crippen LogP contribution in [0.5, 0.6) is 0 Å². The number of hydrogen-bond donors (Lipinski definition) is 0. The molecule has 0 radical (unpaired) electrons. The van der Waals surface area contributed by atoms with E-state index in [4.69, 9.17) is 27.4 Å². The summed E-state index contributed by atoms with van der Waals surface area (Å²) >= 11 is 8.95. The Morgan fingerprint density at radius 3 is 2.60 bits per heavy atom. The van der Waals surface area contributed by atoms with E-state index in [1.54, 1.807) is 0 Å². The van der Waals surface area contributed by atoms with Gasteiger partial charge >= 0.3 is 0 Å². The largest absolute Gasteiger partial charge is 0.288 e. The van der Waals surface area contributed by atoms with E-state index in [0.717, 1.165) is 12.8 Å². The molecule has 0 aromatic carbocycles. The lowest BCUT2D eigenvalue weighted by Crippen LogP contribution is -2.05. The third kappa shape index (κ3) is 5.47. The molecule has 62 valence electrons. The van der Waals surface area contributed by atoms with Gasteiger partial charge in [-0.1, -0.05) is 36.5 Å². The van der Waals surface area contributed by atoms with Crippen molar-refractivity contribution in [3.63, 3.8) is 0 Å². The predicted octanol–water partition coefficient (Wildman–Crippen LogP) is 2.23. The monoisotopic (exact) mass is 204 g/mol. The average molecular weight is 205 g/mol. The summed E-state index contributed by atoms with van der Waals surface area (Å²) in [6.07, 6.45) is 1.89. The first-order valence-corrected chi connectivity index (χ1v) is 5.01. The molecule has 10 heavy (non-hydrogen) atoms. The Hall–Kier alpha value is 0.690. The molecule has 0 aromatic heterocycles. The molecule has 0 aliphatic heterocycles. The summed E-state index contributed by atoms with van der Waals surface area (Å²) in [6, 6.07) is 0. The van der Waals surface area contributed by atoms with Gasteiger partial charge in [-0.25, -0.2) is 4.21 Å². The van der Waals surface area contributed by atoms with Crippen LogP contribution in [-0.2, 0) is 15.3 Å². The molecule has 0 heterocycles. The fourth-order valence-electron chi connectivity index (χ4n) is 0.337. The highest BCUT2D eigenvalue weighted by Gasteiger charge is 2.08. The molecule has 0 saturated heterocycles. The fourth-order valence-corrected chi connectivity index (χ4v) is 1.03. The van der Waals surface area contributed by atoms with Crippen LogP contribution in [0.15, 0.2) is 0 Å². The number of halogens is 2. The summed E-state index contributed by atoms with van der Waals surface area (Å²) < 4.78 is 14.5. The quantitative estimate of drug-likeness (QED) is 0.508. The average Bonchev–Trinajstić information content (AvgIpc) is 1.88. The maximum absolute atomic E-state index is 10.6. The molecule has 2 nitrogen and oxygen atoms in total. The lowest BCUT2D eigenvalue weighted by molar-refractivity contribution is 0.339. The van der Waals surface area contributed by atoms with E-state index < -0.39 is 15.2 Å². The Kier molecular flexibility index (Phi) is 6.85. The molecule has 0 bridgehead atoms. The second-order valence-corrected chi connectivity index (χ2v) is 4.54. The van der Waals surface area contributed by atoms with Crippen molar-refractivity contribution in [3.05, 3.63) is 0 Å². The van der Waals surface area contributed by atoms with E-state index in [9.17, 15) is 4.21 Å². The van der Waals surface area contributed by atoms with Crippen molar-refractivity contribution in [2.45, 2.75) is 23.9 Å². The van der Waals surface area contributed by atoms with Gasteiger partial charge in [0.2, 0.25) is 4.17 Å². The molecule has 0 N–H and O–H groups in total. The highest BCUT2D eigenvalue weighted by Crippen LogP contribution is 2.08. The molecule has 0 saturated carbocycles. The standard InChI is InChI=1S/C5H10Cl2O2S/c1-2-3-4-9-10(8)5(6)7/h5H,2-4H2,1H3. The van der Waals surface area contributed by atoms with Gasteiger partial charge in [-0.15, -0.1) is 0 Å². The first-order valence-electron chi connectivity index (χ1n) is 3.00. The summed E-state index contributed by atoms with van der Waals surface area (Å²) in [6.45, 7) is 2.48. The lowest BCUT2D eigenvalue weighted by atomic mass is 10.4. The van der Waals surface area contributed by atoms with Gasteiger partial charge in [0, 0.05) is 0 Å². The van der Waals surface area contributed by atoms with Crippen molar-refractivity contribution >= 4 is 34.3 Å². The topological polar surface area (TPSA) is 26.3 Å². The van der Waals surface area contributed by atoms with Crippen LogP contribution in [0.25, 0.3) is 0 Å². The molecular weight excluding hydrogens is 195 g/mol. The van der Waals surface area contributed by atoms with Gasteiger partial charge in [0.25, 0.3) is 0 Å². The minimum atomic E-state index is -1.54. The minimum absolute atomic E-state index is 0.457. The molecule has 0 fully saturated rings. The van der Waals surface area contributed by atoms with E-state index in [0.29, 0.717) is 6.61 Å². The zero-order valence-electron chi connectivity index (χ0n) is 5.68. The van der Waals surface area contributed by atoms with Crippen LogP contribution < -0.4 is 0 Å². The fraction of sp³-hybridized carbons (Fsp3) is 1.00. The van der Waals surface area contributed by atoms with Crippen molar-refractivity contribution < 1.29 is 8.39 Å². The number of alkyl halides is 2. The Morgan fingerprint density at radius 1 is 1.60 bits per heavy atom. The van der Waals surface area contributed by atoms with Gasteiger partial charge in [0.1, 0.15) is 0 Å². The molecular formula is C5H10Cl2O2S. The van der Waals surface area contributed by atoms with Crippen LogP contribution in [-0.4, -0.2) is 15.0 Å². The first kappa shape index (κ1) is 10.7. The SMILES string of the molecule is CCCCOS(=O)C(Cl)Cl. The zero-order valence-corrected chi connectivity index (χ0v) is 8.01. The van der Waals surface area contributed by atoms with Crippen molar-refractivity contribution in [1.82, 2.24) is 0 Å². The Labute approximate surface area is 73.5 Å². The maximum atomic E-state index is 10.6. The Bertz CT molecular complexity index is 108. The lowest BCUT2D eigenvalue weighted by Gasteiger charge is -2.01. The second-order valence-electron chi connectivity index (χ2n) is 1.70. The van der Waals surface area contributed by atoms with Crippen LogP contribution in [0.3, 0.4) is 0 Å². The van der Waals surface area contributed by atoms with E-state index in [-0.39, 0.29) is 0 Å². The zero-order chi connectivity index (χ0) is 7.98. The molecule has 0 rings (SSSR count). The number of rotatable bonds is 5. The summed E-state index contributed by atoms with van der Waals surface area (Å²) in [5.41, 5.74) is 0. The molecule has 0 amide bonds. The predicted molar refractivity (Wildman–Crippen MR) is 44.5 cm³/mol. The second kappa shape index (κ2) is 6.40. The van der Waals surface area contributed by atoms with E-state index in [1.807, 2.05) is 6.92 Å². The Balaban J connectivity index is 3.22. The van der Waals surface area contributed by atoms with E-state index in [2.05, 4.69) is 0 Å². The van der Waals surface area contributed by atoms with Gasteiger partial charge in [-0.05, 0) is 6.42 Å². The van der Waals surface area contributed by atoms with Gasteiger partial charge in [0.05, 0.1) is 6.61 Å². The van der Waals surface area contributed by atoms with Crippen LogP contribution in [0.1, 0.15) is 19.8 Å². The normalized spacial score (nSPS) is 14.0. The van der Waals surface area contributed by atoms with Crippen LogP contribution >= 0.6 is 23.2 Å². The van der Waals surface area contributed by atoms with Crippen molar-refractivity contribution in [1.29, 1.82) is 0 Å². The number of unbranched alkanes of at least 4 members (excludes halogenated alkanes) is 1. The molecule has 1 unspecified atom stereocenters. The van der Waals surface area contributed by atoms with Gasteiger partial charge in [0.15, 0.2) is 11.1 Å². The number of hydrogen-bond acceptors (Lipinski definition) is 2. The highest BCUT2D eigenvalue weighted by atomic mass is 35.5. The van der Waals surface area contributed by atoms with Gasteiger partial charge < -0.3 is 0 Å². The minimum Gasteiger partial charge on any atom is -0.288 e. The molecule has 0 aliphatic carbocycles. The van der Waals surface area contributed by atoms with Crippen molar-refractivity contribution in [3.8, 4) is 0 Å². The van der Waals surface area contributed by atoms with Gasteiger partial charge in [-0.3, -0.25) is 4.18 Å². The summed E-state index contributed by atoms with van der Waals surface area (Å²) in [4.78, 5) is 0. The Morgan fingerprint density at radius 2 is 2.20 bits per heavy atom. The molecule has 0 aliphatic rings. The first-order chi connectivity index (χ1) is 4.68. The molecule has 5 heteroatoms. The smallest absolute Gasteiger partial charge is 0.207 e. The highest BCUT2D eigenvalue weighted by molar-refractivity contribution is 7.83. The third-order valence-electron chi connectivity index (χ3n) is 0.843. The summed E-state index contributed by atoms with van der Waals surface area (Å²) in [7, 11) is 0.